The SMILES string of the molecule is NC(C=CC(C1CC1)C1CC1)CO. The Kier molecular flexibility index (Phi) is 2.70. The van der Waals surface area contributed by atoms with Crippen molar-refractivity contribution in [1.82, 2.24) is 0 Å². The van der Waals surface area contributed by atoms with E-state index in [4.69, 9.17) is 10.8 Å². The van der Waals surface area contributed by atoms with Gasteiger partial charge in [0.25, 0.3) is 0 Å². The Bertz CT molecular complexity index is 182. The lowest BCUT2D eigenvalue weighted by atomic mass is 9.97. The van der Waals surface area contributed by atoms with Crippen LogP contribution in [0.2, 0.25) is 0 Å². The van der Waals surface area contributed by atoms with Crippen LogP contribution in [-0.2, 0) is 0 Å². The normalized spacial score (nSPS) is 25.8. The van der Waals surface area contributed by atoms with E-state index in [1.807, 2.05) is 6.08 Å². The van der Waals surface area contributed by atoms with Gasteiger partial charge in [-0.15, -0.1) is 0 Å². The van der Waals surface area contributed by atoms with E-state index in [9.17, 15) is 0 Å². The van der Waals surface area contributed by atoms with Crippen LogP contribution in [0.25, 0.3) is 0 Å². The summed E-state index contributed by atoms with van der Waals surface area (Å²) in [4.78, 5) is 0. The summed E-state index contributed by atoms with van der Waals surface area (Å²) in [7, 11) is 0. The van der Waals surface area contributed by atoms with Crippen molar-refractivity contribution in [2.75, 3.05) is 6.61 Å². The Balaban J connectivity index is 1.84. The van der Waals surface area contributed by atoms with Crippen LogP contribution in [0.1, 0.15) is 25.7 Å². The third-order valence-corrected chi connectivity index (χ3v) is 3.12. The van der Waals surface area contributed by atoms with E-state index in [2.05, 4.69) is 6.08 Å². The molecule has 2 aliphatic carbocycles. The summed E-state index contributed by atoms with van der Waals surface area (Å²) in [5.74, 6) is 2.65. The molecule has 13 heavy (non-hydrogen) atoms. The molecule has 74 valence electrons. The minimum absolute atomic E-state index is 0.0680. The van der Waals surface area contributed by atoms with Crippen LogP contribution in [0.3, 0.4) is 0 Å². The maximum Gasteiger partial charge on any atom is 0.0618 e. The summed E-state index contributed by atoms with van der Waals surface area (Å²) in [5, 5.41) is 8.78. The first-order valence-electron chi connectivity index (χ1n) is 5.36. The topological polar surface area (TPSA) is 46.2 Å². The van der Waals surface area contributed by atoms with Crippen LogP contribution in [0.4, 0.5) is 0 Å². The van der Waals surface area contributed by atoms with Gasteiger partial charge in [0, 0.05) is 6.04 Å². The minimum Gasteiger partial charge on any atom is -0.394 e. The molecule has 0 spiro atoms. The van der Waals surface area contributed by atoms with Gasteiger partial charge < -0.3 is 10.8 Å². The lowest BCUT2D eigenvalue weighted by Gasteiger charge is -2.10. The first kappa shape index (κ1) is 9.22. The molecule has 0 aromatic carbocycles. The van der Waals surface area contributed by atoms with Crippen LogP contribution < -0.4 is 5.73 Å². The number of nitrogens with two attached hydrogens (primary N) is 1. The van der Waals surface area contributed by atoms with Crippen molar-refractivity contribution in [3.8, 4) is 0 Å². The van der Waals surface area contributed by atoms with Gasteiger partial charge in [-0.2, -0.15) is 0 Å². The standard InChI is InChI=1S/C11H19NO/c12-10(7-13)5-6-11(8-1-2-8)9-3-4-9/h5-6,8-11,13H,1-4,7,12H2. The summed E-state index contributed by atoms with van der Waals surface area (Å²) >= 11 is 0. The zero-order chi connectivity index (χ0) is 9.26. The van der Waals surface area contributed by atoms with Gasteiger partial charge in [0.2, 0.25) is 0 Å². The molecule has 2 heteroatoms. The van der Waals surface area contributed by atoms with Gasteiger partial charge >= 0.3 is 0 Å². The largest absolute Gasteiger partial charge is 0.394 e. The molecule has 0 radical (unpaired) electrons. The molecule has 2 nitrogen and oxygen atoms in total. The third kappa shape index (κ3) is 2.55. The maximum absolute atomic E-state index is 8.78. The van der Waals surface area contributed by atoms with Crippen LogP contribution in [0.15, 0.2) is 12.2 Å². The van der Waals surface area contributed by atoms with Crippen LogP contribution in [0, 0.1) is 17.8 Å². The number of hydrogen-bond acceptors (Lipinski definition) is 2. The fourth-order valence-corrected chi connectivity index (χ4v) is 1.99. The Hall–Kier alpha value is -0.340. The van der Waals surface area contributed by atoms with Crippen LogP contribution >= 0.6 is 0 Å². The predicted octanol–water partition coefficient (Wildman–Crippen LogP) is 1.30. The molecule has 2 rings (SSSR count). The molecule has 0 aromatic rings. The highest BCUT2D eigenvalue weighted by atomic mass is 16.3. The van der Waals surface area contributed by atoms with E-state index in [1.54, 1.807) is 0 Å². The number of rotatable bonds is 5. The van der Waals surface area contributed by atoms with Crippen molar-refractivity contribution in [2.24, 2.45) is 23.5 Å². The molecule has 1 atom stereocenters. The average Bonchev–Trinajstić information content (AvgIpc) is 2.98. The maximum atomic E-state index is 8.78. The lowest BCUT2D eigenvalue weighted by Crippen LogP contribution is -2.21. The molecular weight excluding hydrogens is 162 g/mol. The Labute approximate surface area is 79.8 Å². The van der Waals surface area contributed by atoms with E-state index in [0.717, 1.165) is 17.8 Å². The molecule has 0 amide bonds. The monoisotopic (exact) mass is 181 g/mol. The first-order valence-corrected chi connectivity index (χ1v) is 5.36. The average molecular weight is 181 g/mol. The summed E-state index contributed by atoms with van der Waals surface area (Å²) < 4.78 is 0. The van der Waals surface area contributed by atoms with Gasteiger partial charge in [-0.1, -0.05) is 12.2 Å². The molecule has 1 unspecified atom stereocenters. The second-order valence-electron chi connectivity index (χ2n) is 4.48. The van der Waals surface area contributed by atoms with Crippen molar-refractivity contribution in [3.63, 3.8) is 0 Å². The fraction of sp³-hybridized carbons (Fsp3) is 0.818. The Morgan fingerprint density at radius 3 is 2.08 bits per heavy atom. The van der Waals surface area contributed by atoms with Crippen molar-refractivity contribution >= 4 is 0 Å². The van der Waals surface area contributed by atoms with Gasteiger partial charge in [-0.25, -0.2) is 0 Å². The van der Waals surface area contributed by atoms with E-state index in [-0.39, 0.29) is 12.6 Å². The second kappa shape index (κ2) is 3.81. The molecular formula is C11H19NO. The highest BCUT2D eigenvalue weighted by molar-refractivity contribution is 5.05. The molecule has 2 aliphatic rings. The minimum atomic E-state index is -0.153. The van der Waals surface area contributed by atoms with E-state index in [0.29, 0.717) is 0 Å². The Morgan fingerprint density at radius 1 is 1.15 bits per heavy atom. The highest BCUT2D eigenvalue weighted by Crippen LogP contribution is 2.49. The number of allylic oxidation sites excluding steroid dienone is 1. The molecule has 2 saturated carbocycles. The quantitative estimate of drug-likeness (QED) is 0.628. The smallest absolute Gasteiger partial charge is 0.0618 e. The molecule has 0 heterocycles. The summed E-state index contributed by atoms with van der Waals surface area (Å²) in [5.41, 5.74) is 5.63. The van der Waals surface area contributed by atoms with E-state index < -0.39 is 0 Å². The van der Waals surface area contributed by atoms with Gasteiger partial charge in [0.1, 0.15) is 0 Å². The van der Waals surface area contributed by atoms with Crippen molar-refractivity contribution in [1.29, 1.82) is 0 Å². The van der Waals surface area contributed by atoms with Gasteiger partial charge in [-0.05, 0) is 43.4 Å². The van der Waals surface area contributed by atoms with E-state index >= 15 is 0 Å². The molecule has 0 bridgehead atoms. The number of aliphatic hydroxyl groups excluding tert-OH is 1. The fourth-order valence-electron chi connectivity index (χ4n) is 1.99. The Morgan fingerprint density at radius 2 is 1.69 bits per heavy atom. The zero-order valence-electron chi connectivity index (χ0n) is 8.02. The highest BCUT2D eigenvalue weighted by Gasteiger charge is 2.39. The van der Waals surface area contributed by atoms with E-state index in [1.165, 1.54) is 25.7 Å². The third-order valence-electron chi connectivity index (χ3n) is 3.12. The predicted molar refractivity (Wildman–Crippen MR) is 53.1 cm³/mol. The van der Waals surface area contributed by atoms with Gasteiger partial charge in [0.15, 0.2) is 0 Å². The van der Waals surface area contributed by atoms with Crippen molar-refractivity contribution < 1.29 is 5.11 Å². The number of aliphatic hydroxyl groups is 1. The van der Waals surface area contributed by atoms with Gasteiger partial charge in [-0.3, -0.25) is 0 Å². The lowest BCUT2D eigenvalue weighted by molar-refractivity contribution is 0.283. The van der Waals surface area contributed by atoms with Crippen molar-refractivity contribution in [2.45, 2.75) is 31.7 Å². The summed E-state index contributed by atoms with van der Waals surface area (Å²) in [6.07, 6.45) is 9.86. The summed E-state index contributed by atoms with van der Waals surface area (Å²) in [6.45, 7) is 0.0680. The molecule has 2 fully saturated rings. The molecule has 3 N–H and O–H groups in total. The second-order valence-corrected chi connectivity index (χ2v) is 4.48. The van der Waals surface area contributed by atoms with Crippen molar-refractivity contribution in [3.05, 3.63) is 12.2 Å². The first-order chi connectivity index (χ1) is 6.31. The van der Waals surface area contributed by atoms with Crippen LogP contribution in [0.5, 0.6) is 0 Å². The van der Waals surface area contributed by atoms with Crippen LogP contribution in [-0.4, -0.2) is 17.8 Å². The van der Waals surface area contributed by atoms with Gasteiger partial charge in [0.05, 0.1) is 6.61 Å². The molecule has 0 saturated heterocycles. The number of hydrogen-bond donors (Lipinski definition) is 2. The summed E-state index contributed by atoms with van der Waals surface area (Å²) in [6, 6.07) is -0.153. The molecule has 0 aromatic heterocycles. The zero-order valence-corrected chi connectivity index (χ0v) is 8.02. The molecule has 0 aliphatic heterocycles.